The lowest BCUT2D eigenvalue weighted by molar-refractivity contribution is 0.278. The molecule has 100 valence electrons. The van der Waals surface area contributed by atoms with Crippen LogP contribution >= 0.6 is 15.9 Å². The molecule has 1 aromatic heterocycles. The SMILES string of the molecule is O=S(=O)(Nc1ccc(Br)cn1)c1ccccc1CO. The third-order valence-corrected chi connectivity index (χ3v) is 4.32. The van der Waals surface area contributed by atoms with Crippen LogP contribution < -0.4 is 4.72 Å². The van der Waals surface area contributed by atoms with Gasteiger partial charge in [-0.2, -0.15) is 0 Å². The number of nitrogens with zero attached hydrogens (tertiary/aromatic N) is 1. The largest absolute Gasteiger partial charge is 0.392 e. The van der Waals surface area contributed by atoms with Gasteiger partial charge in [0.1, 0.15) is 5.82 Å². The second kappa shape index (κ2) is 5.68. The molecule has 0 unspecified atom stereocenters. The molecule has 5 nitrogen and oxygen atoms in total. The highest BCUT2D eigenvalue weighted by Gasteiger charge is 2.18. The normalized spacial score (nSPS) is 11.3. The molecule has 2 rings (SSSR count). The fraction of sp³-hybridized carbons (Fsp3) is 0.0833. The minimum Gasteiger partial charge on any atom is -0.392 e. The summed E-state index contributed by atoms with van der Waals surface area (Å²) < 4.78 is 27.5. The Morgan fingerprint density at radius 3 is 2.58 bits per heavy atom. The molecule has 0 bridgehead atoms. The first-order valence-electron chi connectivity index (χ1n) is 5.36. The van der Waals surface area contributed by atoms with Gasteiger partial charge >= 0.3 is 0 Å². The van der Waals surface area contributed by atoms with E-state index in [0.29, 0.717) is 5.56 Å². The Bertz CT molecular complexity index is 672. The molecule has 19 heavy (non-hydrogen) atoms. The van der Waals surface area contributed by atoms with Crippen molar-refractivity contribution in [1.82, 2.24) is 4.98 Å². The molecule has 0 atom stereocenters. The van der Waals surface area contributed by atoms with Crippen molar-refractivity contribution in [2.75, 3.05) is 4.72 Å². The molecule has 0 aliphatic rings. The van der Waals surface area contributed by atoms with Gasteiger partial charge in [-0.05, 0) is 39.7 Å². The van der Waals surface area contributed by atoms with Gasteiger partial charge in [0.15, 0.2) is 0 Å². The number of aliphatic hydroxyl groups is 1. The maximum Gasteiger partial charge on any atom is 0.263 e. The van der Waals surface area contributed by atoms with E-state index in [1.807, 2.05) is 0 Å². The third-order valence-electron chi connectivity index (χ3n) is 2.40. The zero-order valence-corrected chi connectivity index (χ0v) is 12.1. The molecule has 0 spiro atoms. The van der Waals surface area contributed by atoms with Gasteiger partial charge in [0.05, 0.1) is 11.5 Å². The number of benzene rings is 1. The molecule has 0 fully saturated rings. The van der Waals surface area contributed by atoms with Crippen molar-refractivity contribution in [2.45, 2.75) is 11.5 Å². The quantitative estimate of drug-likeness (QED) is 0.891. The average molecular weight is 343 g/mol. The summed E-state index contributed by atoms with van der Waals surface area (Å²) in [7, 11) is -3.76. The summed E-state index contributed by atoms with van der Waals surface area (Å²) in [4.78, 5) is 3.99. The molecule has 0 aliphatic heterocycles. The number of hydrogen-bond acceptors (Lipinski definition) is 4. The van der Waals surface area contributed by atoms with Crippen molar-refractivity contribution in [2.24, 2.45) is 0 Å². The van der Waals surface area contributed by atoms with E-state index in [9.17, 15) is 13.5 Å². The molecule has 0 radical (unpaired) electrons. The van der Waals surface area contributed by atoms with E-state index in [1.165, 1.54) is 12.3 Å². The fourth-order valence-corrected chi connectivity index (χ4v) is 3.00. The highest BCUT2D eigenvalue weighted by atomic mass is 79.9. The first-order valence-corrected chi connectivity index (χ1v) is 7.64. The smallest absolute Gasteiger partial charge is 0.263 e. The topological polar surface area (TPSA) is 79.3 Å². The Morgan fingerprint density at radius 2 is 1.95 bits per heavy atom. The van der Waals surface area contributed by atoms with Gasteiger partial charge in [-0.15, -0.1) is 0 Å². The van der Waals surface area contributed by atoms with Gasteiger partial charge in [-0.1, -0.05) is 18.2 Å². The molecule has 0 aliphatic carbocycles. The number of hydrogen-bond donors (Lipinski definition) is 2. The zero-order valence-electron chi connectivity index (χ0n) is 9.75. The molecule has 0 saturated carbocycles. The van der Waals surface area contributed by atoms with Gasteiger partial charge in [0.25, 0.3) is 10.0 Å². The van der Waals surface area contributed by atoms with E-state index in [2.05, 4.69) is 25.6 Å². The minimum atomic E-state index is -3.76. The van der Waals surface area contributed by atoms with Crippen LogP contribution in [0.5, 0.6) is 0 Å². The van der Waals surface area contributed by atoms with Crippen molar-refractivity contribution >= 4 is 31.8 Å². The van der Waals surface area contributed by atoms with Crippen LogP contribution in [0.2, 0.25) is 0 Å². The van der Waals surface area contributed by atoms with Crippen LogP contribution in [-0.4, -0.2) is 18.5 Å². The monoisotopic (exact) mass is 342 g/mol. The zero-order chi connectivity index (χ0) is 13.9. The molecule has 2 aromatic rings. The number of pyridine rings is 1. The molecule has 2 N–H and O–H groups in total. The number of anilines is 1. The molecule has 1 heterocycles. The fourth-order valence-electron chi connectivity index (χ4n) is 1.53. The summed E-state index contributed by atoms with van der Waals surface area (Å²) in [5, 5.41) is 9.17. The van der Waals surface area contributed by atoms with Crippen molar-refractivity contribution in [3.63, 3.8) is 0 Å². The highest BCUT2D eigenvalue weighted by Crippen LogP contribution is 2.19. The van der Waals surface area contributed by atoms with E-state index in [0.717, 1.165) is 4.47 Å². The number of halogens is 1. The maximum atomic E-state index is 12.2. The van der Waals surface area contributed by atoms with Crippen LogP contribution in [0.25, 0.3) is 0 Å². The summed E-state index contributed by atoms with van der Waals surface area (Å²) >= 11 is 3.22. The third kappa shape index (κ3) is 3.31. The maximum absolute atomic E-state index is 12.2. The van der Waals surface area contributed by atoms with Crippen molar-refractivity contribution in [3.05, 3.63) is 52.6 Å². The summed E-state index contributed by atoms with van der Waals surface area (Å²) in [6, 6.07) is 9.49. The lowest BCUT2D eigenvalue weighted by atomic mass is 10.2. The summed E-state index contributed by atoms with van der Waals surface area (Å²) in [6.45, 7) is -0.342. The van der Waals surface area contributed by atoms with Crippen LogP contribution in [0.15, 0.2) is 52.0 Å². The van der Waals surface area contributed by atoms with Crippen molar-refractivity contribution in [3.8, 4) is 0 Å². The van der Waals surface area contributed by atoms with Gasteiger partial charge in [-0.25, -0.2) is 13.4 Å². The van der Waals surface area contributed by atoms with E-state index >= 15 is 0 Å². The van der Waals surface area contributed by atoms with E-state index in [4.69, 9.17) is 0 Å². The molecule has 0 saturated heterocycles. The molecule has 1 aromatic carbocycles. The second-order valence-electron chi connectivity index (χ2n) is 3.73. The summed E-state index contributed by atoms with van der Waals surface area (Å²) in [5.41, 5.74) is 0.340. The summed E-state index contributed by atoms with van der Waals surface area (Å²) in [5.74, 6) is 0.218. The number of sulfonamides is 1. The first kappa shape index (κ1) is 14.0. The van der Waals surface area contributed by atoms with Crippen LogP contribution in [-0.2, 0) is 16.6 Å². The molecule has 7 heteroatoms. The Hall–Kier alpha value is -1.44. The number of nitrogens with one attached hydrogen (secondary N) is 1. The molecular formula is C12H11BrN2O3S. The Kier molecular flexibility index (Phi) is 4.18. The van der Waals surface area contributed by atoms with Crippen molar-refractivity contribution < 1.29 is 13.5 Å². The van der Waals surface area contributed by atoms with Gasteiger partial charge in [0.2, 0.25) is 0 Å². The summed E-state index contributed by atoms with van der Waals surface area (Å²) in [6.07, 6.45) is 1.50. The van der Waals surface area contributed by atoms with Crippen LogP contribution in [0.4, 0.5) is 5.82 Å². The predicted octanol–water partition coefficient (Wildman–Crippen LogP) is 2.14. The van der Waals surface area contributed by atoms with E-state index in [1.54, 1.807) is 30.3 Å². The molecular weight excluding hydrogens is 332 g/mol. The predicted molar refractivity (Wildman–Crippen MR) is 75.1 cm³/mol. The number of rotatable bonds is 4. The highest BCUT2D eigenvalue weighted by molar-refractivity contribution is 9.10. The van der Waals surface area contributed by atoms with E-state index < -0.39 is 10.0 Å². The lowest BCUT2D eigenvalue weighted by Gasteiger charge is -2.10. The van der Waals surface area contributed by atoms with Gasteiger partial charge in [0, 0.05) is 10.7 Å². The second-order valence-corrected chi connectivity index (χ2v) is 6.30. The number of aromatic nitrogens is 1. The Labute approximate surface area is 119 Å². The van der Waals surface area contributed by atoms with Gasteiger partial charge < -0.3 is 5.11 Å². The lowest BCUT2D eigenvalue weighted by Crippen LogP contribution is -2.15. The number of aliphatic hydroxyl groups excluding tert-OH is 1. The van der Waals surface area contributed by atoms with E-state index in [-0.39, 0.29) is 17.3 Å². The Balaban J connectivity index is 2.35. The molecule has 0 amide bonds. The minimum absolute atomic E-state index is 0.0437. The van der Waals surface area contributed by atoms with Crippen LogP contribution in [0.1, 0.15) is 5.56 Å². The Morgan fingerprint density at radius 1 is 1.21 bits per heavy atom. The average Bonchev–Trinajstić information content (AvgIpc) is 2.41. The van der Waals surface area contributed by atoms with Crippen LogP contribution in [0.3, 0.4) is 0 Å². The standard InChI is InChI=1S/C12H11BrN2O3S/c13-10-5-6-12(14-7-10)15-19(17,18)11-4-2-1-3-9(11)8-16/h1-7,16H,8H2,(H,14,15). The van der Waals surface area contributed by atoms with Gasteiger partial charge in [-0.3, -0.25) is 4.72 Å². The first-order chi connectivity index (χ1) is 9.03. The van der Waals surface area contributed by atoms with Crippen LogP contribution in [0, 0.1) is 0 Å². The van der Waals surface area contributed by atoms with Crippen molar-refractivity contribution in [1.29, 1.82) is 0 Å².